The summed E-state index contributed by atoms with van der Waals surface area (Å²) in [5, 5.41) is 10.6. The Kier molecular flexibility index (Phi) is 5.20. The highest BCUT2D eigenvalue weighted by Gasteiger charge is 2.35. The topological polar surface area (TPSA) is 90.0 Å². The molecule has 0 N–H and O–H groups in total. The van der Waals surface area contributed by atoms with Gasteiger partial charge in [-0.1, -0.05) is 17.7 Å². The molecule has 9 heteroatoms. The van der Waals surface area contributed by atoms with Gasteiger partial charge < -0.3 is 14.6 Å². The third-order valence-corrected chi connectivity index (χ3v) is 4.10. The number of nitrogens with zero attached hydrogens (tertiary/aromatic N) is 2. The molecule has 0 unspecified atom stereocenters. The number of halogens is 1. The molecule has 0 aliphatic carbocycles. The van der Waals surface area contributed by atoms with Crippen LogP contribution in [0, 0.1) is 0 Å². The first-order valence-electron chi connectivity index (χ1n) is 6.66. The third kappa shape index (κ3) is 3.55. The van der Waals surface area contributed by atoms with Crippen LogP contribution in [-0.2, 0) is 14.4 Å². The van der Waals surface area contributed by atoms with Crippen LogP contribution in [0.25, 0.3) is 6.08 Å². The number of carboxylic acid groups (broad SMARTS) is 1. The van der Waals surface area contributed by atoms with Crippen molar-refractivity contribution in [3.63, 3.8) is 0 Å². The van der Waals surface area contributed by atoms with Crippen LogP contribution >= 0.6 is 23.8 Å². The van der Waals surface area contributed by atoms with Gasteiger partial charge in [0.05, 0.1) is 11.0 Å². The highest BCUT2D eigenvalue weighted by molar-refractivity contribution is 7.80. The molecule has 1 fully saturated rings. The first-order valence-corrected chi connectivity index (χ1v) is 7.45. The number of hydrogen-bond acceptors (Lipinski definition) is 6. The predicted molar refractivity (Wildman–Crippen MR) is 88.1 cm³/mol. The van der Waals surface area contributed by atoms with Crippen molar-refractivity contribution in [2.75, 3.05) is 20.7 Å². The fourth-order valence-corrected chi connectivity index (χ4v) is 2.41. The summed E-state index contributed by atoms with van der Waals surface area (Å²) in [6.07, 6.45) is 1.38. The van der Waals surface area contributed by atoms with Gasteiger partial charge in [-0.3, -0.25) is 19.4 Å². The Balaban J connectivity index is 2.31. The lowest BCUT2D eigenvalue weighted by Gasteiger charge is -2.31. The fourth-order valence-electron chi connectivity index (χ4n) is 2.00. The van der Waals surface area contributed by atoms with Crippen molar-refractivity contribution in [1.29, 1.82) is 0 Å². The molecule has 7 nitrogen and oxygen atoms in total. The maximum atomic E-state index is 12.2. The second kappa shape index (κ2) is 6.98. The lowest BCUT2D eigenvalue weighted by atomic mass is 10.1. The van der Waals surface area contributed by atoms with Crippen molar-refractivity contribution < 1.29 is 24.2 Å². The van der Waals surface area contributed by atoms with Crippen LogP contribution in [-0.4, -0.2) is 53.4 Å². The van der Waals surface area contributed by atoms with E-state index < -0.39 is 24.4 Å². The largest absolute Gasteiger partial charge is 0.546 e. The first kappa shape index (κ1) is 17.9. The Morgan fingerprint density at radius 2 is 1.88 bits per heavy atom. The van der Waals surface area contributed by atoms with E-state index in [2.05, 4.69) is 0 Å². The number of hydrogen-bond donors (Lipinski definition) is 0. The summed E-state index contributed by atoms with van der Waals surface area (Å²) < 4.78 is 4.95. The number of carbonyl (C=O) groups is 3. The van der Waals surface area contributed by atoms with Crippen LogP contribution in [0.4, 0.5) is 0 Å². The number of amides is 2. The van der Waals surface area contributed by atoms with Crippen LogP contribution in [0.3, 0.4) is 0 Å². The van der Waals surface area contributed by atoms with E-state index in [-0.39, 0.29) is 21.5 Å². The molecule has 0 radical (unpaired) electrons. The van der Waals surface area contributed by atoms with Gasteiger partial charge in [0, 0.05) is 14.1 Å². The van der Waals surface area contributed by atoms with Gasteiger partial charge in [-0.2, -0.15) is 0 Å². The molecule has 1 aromatic carbocycles. The monoisotopic (exact) mass is 367 g/mol. The molecule has 126 valence electrons. The van der Waals surface area contributed by atoms with Gasteiger partial charge in [0.2, 0.25) is 0 Å². The predicted octanol–water partition coefficient (Wildman–Crippen LogP) is 0.0674. The Hall–Kier alpha value is -2.45. The smallest absolute Gasteiger partial charge is 0.265 e. The summed E-state index contributed by atoms with van der Waals surface area (Å²) in [6, 6.07) is 4.43. The summed E-state index contributed by atoms with van der Waals surface area (Å²) in [4.78, 5) is 37.2. The van der Waals surface area contributed by atoms with Gasteiger partial charge in [-0.25, -0.2) is 0 Å². The summed E-state index contributed by atoms with van der Waals surface area (Å²) in [5.74, 6) is -2.26. The number of likely N-dealkylation sites (N-methyl/N-ethyl adjacent to an activating group) is 2. The van der Waals surface area contributed by atoms with Crippen molar-refractivity contribution in [2.45, 2.75) is 0 Å². The molecule has 1 heterocycles. The Morgan fingerprint density at radius 3 is 2.38 bits per heavy atom. The minimum atomic E-state index is -1.38. The zero-order valence-electron chi connectivity index (χ0n) is 12.7. The zero-order chi connectivity index (χ0) is 18.0. The lowest BCUT2D eigenvalue weighted by Crippen LogP contribution is -2.52. The van der Waals surface area contributed by atoms with Crippen molar-refractivity contribution in [2.24, 2.45) is 0 Å². The van der Waals surface area contributed by atoms with Crippen LogP contribution in [0.5, 0.6) is 5.75 Å². The molecule has 2 rings (SSSR count). The van der Waals surface area contributed by atoms with E-state index >= 15 is 0 Å². The average molecular weight is 368 g/mol. The second-order valence-corrected chi connectivity index (χ2v) is 5.69. The van der Waals surface area contributed by atoms with Crippen LogP contribution in [0.15, 0.2) is 23.8 Å². The fraction of sp³-hybridized carbons (Fsp3) is 0.200. The van der Waals surface area contributed by atoms with Gasteiger partial charge in [-0.05, 0) is 36.0 Å². The van der Waals surface area contributed by atoms with Gasteiger partial charge >= 0.3 is 0 Å². The summed E-state index contributed by atoms with van der Waals surface area (Å²) in [6.45, 7) is -0.635. The van der Waals surface area contributed by atoms with Crippen LogP contribution in [0.1, 0.15) is 5.56 Å². The molecule has 0 bridgehead atoms. The SMILES string of the molecule is CN1C(=O)C(=Cc2ccc(OCC(=O)[O-])c(Cl)c2)C(=O)N(C)C1=S. The van der Waals surface area contributed by atoms with E-state index in [1.54, 1.807) is 0 Å². The molecule has 24 heavy (non-hydrogen) atoms. The van der Waals surface area contributed by atoms with E-state index in [0.29, 0.717) is 5.56 Å². The molecule has 0 atom stereocenters. The summed E-state index contributed by atoms with van der Waals surface area (Å²) >= 11 is 11.0. The van der Waals surface area contributed by atoms with Crippen LogP contribution < -0.4 is 9.84 Å². The second-order valence-electron chi connectivity index (χ2n) is 4.92. The van der Waals surface area contributed by atoms with E-state index in [0.717, 1.165) is 0 Å². The standard InChI is InChI=1S/C15H13ClN2O5S/c1-17-13(21)9(14(22)18(2)15(17)24)5-8-3-4-11(10(16)6-8)23-7-12(19)20/h3-6H,7H2,1-2H3,(H,19,20)/p-1. The van der Waals surface area contributed by atoms with Crippen molar-refractivity contribution in [3.8, 4) is 5.75 Å². The zero-order valence-corrected chi connectivity index (χ0v) is 14.3. The first-order chi connectivity index (χ1) is 11.2. The molecular weight excluding hydrogens is 356 g/mol. The van der Waals surface area contributed by atoms with E-state index in [4.69, 9.17) is 28.6 Å². The molecule has 0 spiro atoms. The Labute approximate surface area is 148 Å². The van der Waals surface area contributed by atoms with Crippen LogP contribution in [0.2, 0.25) is 5.02 Å². The number of carbonyl (C=O) groups excluding carboxylic acids is 3. The van der Waals surface area contributed by atoms with E-state index in [1.807, 2.05) is 0 Å². The summed E-state index contributed by atoms with van der Waals surface area (Å²) in [7, 11) is 2.95. The maximum absolute atomic E-state index is 12.2. The van der Waals surface area contributed by atoms with E-state index in [9.17, 15) is 19.5 Å². The van der Waals surface area contributed by atoms with Crippen molar-refractivity contribution in [3.05, 3.63) is 34.4 Å². The lowest BCUT2D eigenvalue weighted by molar-refractivity contribution is -0.307. The van der Waals surface area contributed by atoms with Gasteiger partial charge in [0.15, 0.2) is 5.11 Å². The quantitative estimate of drug-likeness (QED) is 0.425. The Bertz CT molecular complexity index is 751. The normalized spacial score (nSPS) is 15.0. The number of rotatable bonds is 4. The number of ether oxygens (including phenoxy) is 1. The molecule has 1 aliphatic rings. The molecular formula is C15H12ClN2O5S-. The van der Waals surface area contributed by atoms with Crippen molar-refractivity contribution >= 4 is 52.8 Å². The highest BCUT2D eigenvalue weighted by atomic mass is 35.5. The number of aliphatic carboxylic acids is 1. The number of thiocarbonyl (C=S) groups is 1. The number of carboxylic acids is 1. The maximum Gasteiger partial charge on any atom is 0.265 e. The molecule has 0 aromatic heterocycles. The van der Waals surface area contributed by atoms with Crippen molar-refractivity contribution in [1.82, 2.24) is 9.80 Å². The number of benzene rings is 1. The molecule has 0 saturated carbocycles. The third-order valence-electron chi connectivity index (χ3n) is 3.26. The Morgan fingerprint density at radius 1 is 1.29 bits per heavy atom. The van der Waals surface area contributed by atoms with Gasteiger partial charge in [0.25, 0.3) is 11.8 Å². The molecule has 1 saturated heterocycles. The van der Waals surface area contributed by atoms with Gasteiger partial charge in [0.1, 0.15) is 17.9 Å². The van der Waals surface area contributed by atoms with E-state index in [1.165, 1.54) is 48.2 Å². The average Bonchev–Trinajstić information content (AvgIpc) is 2.54. The minimum absolute atomic E-state index is 0.0620. The molecule has 1 aliphatic heterocycles. The van der Waals surface area contributed by atoms with Gasteiger partial charge in [-0.15, -0.1) is 0 Å². The molecule has 2 amide bonds. The molecule has 1 aromatic rings. The minimum Gasteiger partial charge on any atom is -0.546 e. The highest BCUT2D eigenvalue weighted by Crippen LogP contribution is 2.27. The summed E-state index contributed by atoms with van der Waals surface area (Å²) in [5.41, 5.74) is 0.417.